The van der Waals surface area contributed by atoms with Crippen LogP contribution in [0.1, 0.15) is 57.1 Å². The second-order valence-corrected chi connectivity index (χ2v) is 4.29. The quantitative estimate of drug-likeness (QED) is 0.566. The van der Waals surface area contributed by atoms with Gasteiger partial charge in [-0.25, -0.2) is 0 Å². The molecule has 0 bridgehead atoms. The summed E-state index contributed by atoms with van der Waals surface area (Å²) in [6.07, 6.45) is 12.9. The Morgan fingerprint density at radius 3 is 2.38 bits per heavy atom. The number of allylic oxidation sites excluding steroid dienone is 1. The average molecular weight is 215 g/mol. The Morgan fingerprint density at radius 1 is 1.00 bits per heavy atom. The Morgan fingerprint density at radius 2 is 1.75 bits per heavy atom. The van der Waals surface area contributed by atoms with Crippen LogP contribution in [-0.4, -0.2) is 0 Å². The Labute approximate surface area is 100 Å². The molecule has 0 unspecified atom stereocenters. The summed E-state index contributed by atoms with van der Waals surface area (Å²) in [7, 11) is 0. The van der Waals surface area contributed by atoms with Gasteiger partial charge in [-0.1, -0.05) is 63.5 Å². The molecular weight excluding hydrogens is 192 g/mol. The van der Waals surface area contributed by atoms with Gasteiger partial charge in [0.15, 0.2) is 0 Å². The lowest BCUT2D eigenvalue weighted by Gasteiger charge is -2.01. The number of rotatable bonds is 7. The van der Waals surface area contributed by atoms with E-state index < -0.39 is 0 Å². The van der Waals surface area contributed by atoms with Crippen molar-refractivity contribution in [2.45, 2.75) is 52.4 Å². The number of aryl methyl sites for hydroxylation is 1. The molecule has 0 aliphatic rings. The molecule has 0 fully saturated rings. The molecule has 16 heavy (non-hydrogen) atoms. The van der Waals surface area contributed by atoms with Crippen molar-refractivity contribution in [1.82, 2.24) is 0 Å². The highest BCUT2D eigenvalue weighted by Crippen LogP contribution is 2.09. The molecule has 0 N–H and O–H groups in total. The van der Waals surface area contributed by atoms with Gasteiger partial charge in [-0.05, 0) is 36.5 Å². The standard InChI is InChI=1S/C16H23/c1-3-5-7-9-15-11-13-16(14-12-15)10-8-6-4-2/h7,11-14H,3-6,8,10H2,1-2H3. The first-order chi connectivity index (χ1) is 7.86. The van der Waals surface area contributed by atoms with Gasteiger partial charge in [0.05, 0.1) is 0 Å². The van der Waals surface area contributed by atoms with Crippen molar-refractivity contribution in [1.29, 1.82) is 0 Å². The van der Waals surface area contributed by atoms with Gasteiger partial charge in [-0.15, -0.1) is 0 Å². The van der Waals surface area contributed by atoms with Crippen LogP contribution in [0, 0.1) is 6.08 Å². The summed E-state index contributed by atoms with van der Waals surface area (Å²) in [5.74, 6) is 0. The van der Waals surface area contributed by atoms with Crippen LogP contribution in [0.4, 0.5) is 0 Å². The molecule has 0 heteroatoms. The average Bonchev–Trinajstić information content (AvgIpc) is 2.32. The lowest BCUT2D eigenvalue weighted by atomic mass is 10.1. The fourth-order valence-electron chi connectivity index (χ4n) is 1.68. The second kappa shape index (κ2) is 8.15. The van der Waals surface area contributed by atoms with Gasteiger partial charge >= 0.3 is 0 Å². The molecule has 1 rings (SSSR count). The molecule has 0 aromatic heterocycles. The smallest absolute Gasteiger partial charge is 0.0149 e. The molecule has 0 amide bonds. The first kappa shape index (κ1) is 13.0. The molecule has 0 nitrogen and oxygen atoms in total. The molecule has 1 radical (unpaired) electrons. The van der Waals surface area contributed by atoms with Crippen molar-refractivity contribution >= 4 is 0 Å². The molecule has 0 spiro atoms. The largest absolute Gasteiger partial charge is 0.0761 e. The summed E-state index contributed by atoms with van der Waals surface area (Å²) in [5, 5.41) is 0. The molecule has 0 saturated heterocycles. The van der Waals surface area contributed by atoms with E-state index >= 15 is 0 Å². The Balaban J connectivity index is 2.41. The lowest BCUT2D eigenvalue weighted by Crippen LogP contribution is -1.85. The zero-order valence-corrected chi connectivity index (χ0v) is 10.6. The third-order valence-electron chi connectivity index (χ3n) is 2.72. The topological polar surface area (TPSA) is 0 Å². The minimum Gasteiger partial charge on any atom is -0.0761 e. The van der Waals surface area contributed by atoms with Crippen molar-refractivity contribution in [3.63, 3.8) is 0 Å². The minimum atomic E-state index is 1.12. The highest BCUT2D eigenvalue weighted by atomic mass is 14.0. The van der Waals surface area contributed by atoms with E-state index in [9.17, 15) is 0 Å². The van der Waals surface area contributed by atoms with E-state index in [0.29, 0.717) is 0 Å². The van der Waals surface area contributed by atoms with E-state index in [1.165, 1.54) is 43.2 Å². The minimum absolute atomic E-state index is 1.12. The highest BCUT2D eigenvalue weighted by molar-refractivity contribution is 5.27. The van der Waals surface area contributed by atoms with E-state index in [1.54, 1.807) is 0 Å². The summed E-state index contributed by atoms with van der Waals surface area (Å²) in [6, 6.07) is 8.82. The summed E-state index contributed by atoms with van der Waals surface area (Å²) in [6.45, 7) is 4.44. The summed E-state index contributed by atoms with van der Waals surface area (Å²) >= 11 is 0. The highest BCUT2D eigenvalue weighted by Gasteiger charge is 1.93. The molecule has 0 saturated carbocycles. The van der Waals surface area contributed by atoms with Gasteiger partial charge in [-0.2, -0.15) is 0 Å². The zero-order valence-electron chi connectivity index (χ0n) is 10.6. The van der Waals surface area contributed by atoms with Crippen molar-refractivity contribution in [3.8, 4) is 0 Å². The Hall–Kier alpha value is -1.04. The number of benzene rings is 1. The van der Waals surface area contributed by atoms with Crippen LogP contribution in [-0.2, 0) is 6.42 Å². The van der Waals surface area contributed by atoms with Crippen LogP contribution < -0.4 is 0 Å². The van der Waals surface area contributed by atoms with Crippen LogP contribution in [0.25, 0.3) is 0 Å². The molecule has 87 valence electrons. The fourth-order valence-corrected chi connectivity index (χ4v) is 1.68. The summed E-state index contributed by atoms with van der Waals surface area (Å²) in [5.41, 5.74) is 2.65. The third-order valence-corrected chi connectivity index (χ3v) is 2.72. The molecular formula is C16H23. The van der Waals surface area contributed by atoms with Crippen molar-refractivity contribution in [3.05, 3.63) is 47.5 Å². The maximum Gasteiger partial charge on any atom is -0.0149 e. The Kier molecular flexibility index (Phi) is 6.64. The number of hydrogen-bond acceptors (Lipinski definition) is 0. The van der Waals surface area contributed by atoms with Crippen molar-refractivity contribution in [2.75, 3.05) is 0 Å². The molecule has 0 atom stereocenters. The van der Waals surface area contributed by atoms with Crippen molar-refractivity contribution < 1.29 is 0 Å². The van der Waals surface area contributed by atoms with E-state index in [4.69, 9.17) is 0 Å². The van der Waals surface area contributed by atoms with Crippen LogP contribution in [0.15, 0.2) is 30.3 Å². The number of unbranched alkanes of at least 4 members (excludes halogenated alkanes) is 3. The lowest BCUT2D eigenvalue weighted by molar-refractivity contribution is 0.717. The first-order valence-electron chi connectivity index (χ1n) is 6.54. The van der Waals surface area contributed by atoms with Crippen LogP contribution >= 0.6 is 0 Å². The van der Waals surface area contributed by atoms with Gasteiger partial charge < -0.3 is 0 Å². The summed E-state index contributed by atoms with van der Waals surface area (Å²) < 4.78 is 0. The van der Waals surface area contributed by atoms with E-state index in [-0.39, 0.29) is 0 Å². The van der Waals surface area contributed by atoms with Crippen LogP contribution in [0.5, 0.6) is 0 Å². The molecule has 0 heterocycles. The fraction of sp³-hybridized carbons (Fsp3) is 0.500. The van der Waals surface area contributed by atoms with E-state index in [1.807, 2.05) is 0 Å². The molecule has 1 aromatic carbocycles. The van der Waals surface area contributed by atoms with Gasteiger partial charge in [0.1, 0.15) is 0 Å². The first-order valence-corrected chi connectivity index (χ1v) is 6.54. The Bertz CT molecular complexity index is 292. The van der Waals surface area contributed by atoms with Gasteiger partial charge in [-0.3, -0.25) is 0 Å². The second-order valence-electron chi connectivity index (χ2n) is 4.29. The zero-order chi connectivity index (χ0) is 11.6. The maximum absolute atomic E-state index is 3.32. The summed E-state index contributed by atoms with van der Waals surface area (Å²) in [4.78, 5) is 0. The van der Waals surface area contributed by atoms with E-state index in [0.717, 1.165) is 6.42 Å². The van der Waals surface area contributed by atoms with Gasteiger partial charge in [0.25, 0.3) is 0 Å². The monoisotopic (exact) mass is 215 g/mol. The molecule has 0 aliphatic carbocycles. The van der Waals surface area contributed by atoms with Crippen LogP contribution in [0.2, 0.25) is 0 Å². The van der Waals surface area contributed by atoms with Gasteiger partial charge in [0.2, 0.25) is 0 Å². The van der Waals surface area contributed by atoms with Crippen LogP contribution in [0.3, 0.4) is 0 Å². The predicted molar refractivity (Wildman–Crippen MR) is 71.5 cm³/mol. The van der Waals surface area contributed by atoms with Gasteiger partial charge in [0, 0.05) is 0 Å². The predicted octanol–water partition coefficient (Wildman–Crippen LogP) is 4.93. The molecule has 0 aliphatic heterocycles. The van der Waals surface area contributed by atoms with E-state index in [2.05, 4.69) is 50.3 Å². The van der Waals surface area contributed by atoms with Crippen molar-refractivity contribution in [2.24, 2.45) is 0 Å². The number of hydrogen-bond donors (Lipinski definition) is 0. The SMILES string of the molecule is CCC/C=[C]\c1ccc(CCCCC)cc1. The normalized spacial score (nSPS) is 11.1. The molecule has 1 aromatic rings. The maximum atomic E-state index is 3.32. The third kappa shape index (κ3) is 5.16.